The third-order valence-electron chi connectivity index (χ3n) is 24.7. The molecule has 15 rings (SSSR count). The Hall–Kier alpha value is -6.00. The second-order valence-electron chi connectivity index (χ2n) is 35.9. The van der Waals surface area contributed by atoms with Gasteiger partial charge in [-0.05, 0) is 238 Å². The van der Waals surface area contributed by atoms with Crippen molar-refractivity contribution in [1.29, 1.82) is 0 Å². The van der Waals surface area contributed by atoms with E-state index >= 15 is 0 Å². The van der Waals surface area contributed by atoms with Gasteiger partial charge in [-0.15, -0.1) is 0 Å². The van der Waals surface area contributed by atoms with Crippen LogP contribution in [0.25, 0.3) is 11.1 Å². The second-order valence-corrected chi connectivity index (χ2v) is 35.9. The molecule has 7 aromatic rings. The van der Waals surface area contributed by atoms with Gasteiger partial charge < -0.3 is 14.7 Å². The molecule has 0 radical (unpaired) electrons. The van der Waals surface area contributed by atoms with Gasteiger partial charge in [0.25, 0.3) is 6.71 Å². The van der Waals surface area contributed by atoms with Crippen molar-refractivity contribution < 1.29 is 0 Å². The van der Waals surface area contributed by atoms with Crippen LogP contribution >= 0.6 is 0 Å². The highest BCUT2D eigenvalue weighted by Crippen LogP contribution is 2.64. The average Bonchev–Trinajstić information content (AvgIpc) is 1.33. The molecule has 86 heavy (non-hydrogen) atoms. The monoisotopic (exact) mass is 1140 g/mol. The summed E-state index contributed by atoms with van der Waals surface area (Å²) in [4.78, 5) is 8.50. The quantitative estimate of drug-likeness (QED) is 0.163. The van der Waals surface area contributed by atoms with Crippen LogP contribution < -0.4 is 31.1 Å². The number of rotatable bonds is 4. The zero-order valence-electron chi connectivity index (χ0n) is 56.5. The third kappa shape index (κ3) is 7.58. The van der Waals surface area contributed by atoms with Crippen molar-refractivity contribution in [3.05, 3.63) is 171 Å². The Morgan fingerprint density at radius 3 is 1.17 bits per heavy atom. The first-order chi connectivity index (χ1) is 39.9. The molecule has 1 saturated carbocycles. The Morgan fingerprint density at radius 2 is 0.733 bits per heavy atom. The van der Waals surface area contributed by atoms with Crippen LogP contribution in [-0.2, 0) is 54.1 Å². The molecule has 3 heterocycles. The van der Waals surface area contributed by atoms with Gasteiger partial charge in [-0.25, -0.2) is 0 Å². The lowest BCUT2D eigenvalue weighted by atomic mass is 9.33. The number of anilines is 8. The zero-order chi connectivity index (χ0) is 61.2. The van der Waals surface area contributed by atoms with Crippen molar-refractivity contribution >= 4 is 68.6 Å². The van der Waals surface area contributed by atoms with Gasteiger partial charge in [0.2, 0.25) is 0 Å². The van der Waals surface area contributed by atoms with Crippen molar-refractivity contribution in [1.82, 2.24) is 0 Å². The van der Waals surface area contributed by atoms with Gasteiger partial charge in [-0.1, -0.05) is 206 Å². The molecule has 4 heteroatoms. The average molecular weight is 1140 g/mol. The zero-order valence-corrected chi connectivity index (χ0v) is 56.5. The summed E-state index contributed by atoms with van der Waals surface area (Å²) in [7, 11) is 0. The molecular weight excluding hydrogens is 1040 g/mol. The fraction of sp³-hybridized carbons (Fsp3) is 0.488. The van der Waals surface area contributed by atoms with Crippen LogP contribution in [0.2, 0.25) is 0 Å². The van der Waals surface area contributed by atoms with Crippen molar-refractivity contribution in [3.63, 3.8) is 0 Å². The maximum Gasteiger partial charge on any atom is 0.252 e. The SMILES string of the molecule is CC(C)(C)c1ccc(-c2ccc3c(c2)C2(C)CCCCC2(C)N3c2cc3c4c(c2)N(c2ccc5c(c2)C(C)(C)CC5(C)C)c2cc5c(cc2B4c2cc4c(cc2N3c2ccc3c(c2)C(C)(C)CC3(C)C)C(C)(C)CC4(C)C)C(C)(C)CC5(C)C)cc1. The Balaban J connectivity index is 1.07. The highest BCUT2D eigenvalue weighted by molar-refractivity contribution is 7.00. The summed E-state index contributed by atoms with van der Waals surface area (Å²) >= 11 is 0. The Kier molecular flexibility index (Phi) is 11.2. The Morgan fingerprint density at radius 1 is 0.337 bits per heavy atom. The van der Waals surface area contributed by atoms with Crippen LogP contribution in [0.5, 0.6) is 0 Å². The summed E-state index contributed by atoms with van der Waals surface area (Å²) in [5.41, 5.74) is 32.6. The van der Waals surface area contributed by atoms with Gasteiger partial charge in [0.1, 0.15) is 0 Å². The van der Waals surface area contributed by atoms with E-state index in [1.165, 1.54) is 141 Å². The normalized spacial score (nSPS) is 25.2. The van der Waals surface area contributed by atoms with E-state index in [9.17, 15) is 0 Å². The van der Waals surface area contributed by atoms with E-state index in [0.29, 0.717) is 0 Å². The lowest BCUT2D eigenvalue weighted by molar-refractivity contribution is 0.195. The van der Waals surface area contributed by atoms with Crippen LogP contribution in [0.3, 0.4) is 0 Å². The molecule has 0 bridgehead atoms. The van der Waals surface area contributed by atoms with E-state index in [1.54, 1.807) is 0 Å². The topological polar surface area (TPSA) is 9.72 Å². The van der Waals surface area contributed by atoms with E-state index in [2.05, 4.69) is 275 Å². The number of hydrogen-bond acceptors (Lipinski definition) is 3. The van der Waals surface area contributed by atoms with Gasteiger partial charge in [-0.3, -0.25) is 0 Å². The van der Waals surface area contributed by atoms with Gasteiger partial charge in [0.05, 0.1) is 5.54 Å². The highest BCUT2D eigenvalue weighted by atomic mass is 15.3. The molecule has 0 spiro atoms. The van der Waals surface area contributed by atoms with Gasteiger partial charge in [0.15, 0.2) is 0 Å². The molecule has 2 unspecified atom stereocenters. The standard InChI is InChI=1S/C82H98BN3/c1-72(2,3)51-27-24-49(25-28-51)50-26-33-66-63(36-50)81(20)34-22-23-35-82(81,21)86(66)54-39-69-71-70(40-54)85(53-30-32-56-58(38-53)76(10,11)46-74(56,6)7)68-44-62-60(78(14,15)48-80(62,18)19)42-65(68)83(71)64-41-59-61(79(16,17)47-77(59,12)13)43-67(64)84(69)52-29-31-55-57(37-52)75(8,9)45-73(55,4)5/h24-33,36-44H,22-23,34-35,45-48H2,1-21H3. The molecule has 0 saturated heterocycles. The van der Waals surface area contributed by atoms with Crippen molar-refractivity contribution in [2.24, 2.45) is 0 Å². The maximum atomic E-state index is 2.90. The number of nitrogens with zero attached hydrogens (tertiary/aromatic N) is 3. The molecular formula is C82H98BN3. The summed E-state index contributed by atoms with van der Waals surface area (Å²) in [6.07, 6.45) is 9.25. The minimum absolute atomic E-state index is 0.00408. The van der Waals surface area contributed by atoms with Crippen molar-refractivity contribution in [2.75, 3.05) is 14.7 Å². The van der Waals surface area contributed by atoms with Crippen LogP contribution in [0.1, 0.15) is 252 Å². The summed E-state index contributed by atoms with van der Waals surface area (Å²) in [5, 5.41) is 0. The molecule has 3 aliphatic heterocycles. The minimum atomic E-state index is -0.184. The molecule has 0 amide bonds. The molecule has 3 nitrogen and oxygen atoms in total. The summed E-state index contributed by atoms with van der Waals surface area (Å²) in [6, 6.07) is 48.8. The van der Waals surface area contributed by atoms with E-state index < -0.39 is 0 Å². The van der Waals surface area contributed by atoms with Crippen molar-refractivity contribution in [3.8, 4) is 11.1 Å². The van der Waals surface area contributed by atoms with Gasteiger partial charge in [-0.2, -0.15) is 0 Å². The van der Waals surface area contributed by atoms with Gasteiger partial charge >= 0.3 is 0 Å². The molecule has 2 atom stereocenters. The first-order valence-electron chi connectivity index (χ1n) is 33.4. The minimum Gasteiger partial charge on any atom is -0.334 e. The van der Waals surface area contributed by atoms with E-state index in [-0.39, 0.29) is 66.4 Å². The number of fused-ring (bicyclic) bond motifs is 11. The molecule has 5 aliphatic carbocycles. The summed E-state index contributed by atoms with van der Waals surface area (Å²) in [6.45, 7) is 52.3. The second kappa shape index (κ2) is 17.0. The summed E-state index contributed by atoms with van der Waals surface area (Å²) < 4.78 is 0. The first kappa shape index (κ1) is 56.5. The first-order valence-corrected chi connectivity index (χ1v) is 33.4. The molecule has 7 aromatic carbocycles. The Labute approximate surface area is 518 Å². The van der Waals surface area contributed by atoms with Crippen LogP contribution in [-0.4, -0.2) is 12.3 Å². The molecule has 0 aromatic heterocycles. The third-order valence-corrected chi connectivity index (χ3v) is 24.7. The predicted octanol–water partition coefficient (Wildman–Crippen LogP) is 20.3. The van der Waals surface area contributed by atoms with E-state index in [0.717, 1.165) is 38.5 Å². The van der Waals surface area contributed by atoms with E-state index in [4.69, 9.17) is 0 Å². The molecule has 444 valence electrons. The van der Waals surface area contributed by atoms with Crippen LogP contribution in [0.15, 0.2) is 115 Å². The predicted molar refractivity (Wildman–Crippen MR) is 370 cm³/mol. The maximum absolute atomic E-state index is 2.90. The highest BCUT2D eigenvalue weighted by Gasteiger charge is 2.59. The smallest absolute Gasteiger partial charge is 0.252 e. The number of benzene rings is 7. The van der Waals surface area contributed by atoms with Crippen LogP contribution in [0, 0.1) is 0 Å². The van der Waals surface area contributed by atoms with Gasteiger partial charge in [0, 0.05) is 50.9 Å². The number of hydrogen-bond donors (Lipinski definition) is 0. The fourth-order valence-corrected chi connectivity index (χ4v) is 21.3. The molecule has 1 fully saturated rings. The molecule has 8 aliphatic rings. The fourth-order valence-electron chi connectivity index (χ4n) is 21.3. The van der Waals surface area contributed by atoms with Crippen LogP contribution in [0.4, 0.5) is 45.5 Å². The van der Waals surface area contributed by atoms with Crippen molar-refractivity contribution in [2.45, 2.75) is 256 Å². The molecule has 0 N–H and O–H groups in total. The lowest BCUT2D eigenvalue weighted by Crippen LogP contribution is -2.62. The summed E-state index contributed by atoms with van der Waals surface area (Å²) in [5.74, 6) is 0. The largest absolute Gasteiger partial charge is 0.334 e. The van der Waals surface area contributed by atoms with E-state index in [1.807, 2.05) is 0 Å². The lowest BCUT2D eigenvalue weighted by Gasteiger charge is -2.51. The Bertz CT molecular complexity index is 3920.